The molecule has 0 aliphatic heterocycles. The smallest absolute Gasteiger partial charge is 0.177 e. The second kappa shape index (κ2) is 3.30. The highest BCUT2D eigenvalue weighted by Gasteiger charge is 2.13. The molecule has 2 aromatic rings. The Morgan fingerprint density at radius 1 is 0.933 bits per heavy atom. The summed E-state index contributed by atoms with van der Waals surface area (Å²) in [6.45, 7) is 3.86. The molecule has 0 radical (unpaired) electrons. The molecule has 0 saturated carbocycles. The third-order valence-electron chi connectivity index (χ3n) is 2.08. The number of aromatic nitrogens is 2. The molecule has 0 aliphatic rings. The van der Waals surface area contributed by atoms with Crippen LogP contribution in [0.25, 0.3) is 11.0 Å². The highest BCUT2D eigenvalue weighted by molar-refractivity contribution is 7.13. The molecule has 0 fully saturated rings. The topological polar surface area (TPSA) is 73.4 Å². The number of aryl methyl sites for hydroxylation is 2. The fourth-order valence-electron chi connectivity index (χ4n) is 1.41. The average Bonchev–Trinajstić information content (AvgIpc) is 2.52. The minimum atomic E-state index is 0.103. The molecule has 72 valence electrons. The third-order valence-corrected chi connectivity index (χ3v) is 3.08. The summed E-state index contributed by atoms with van der Waals surface area (Å²) in [6, 6.07) is 3.77. The fraction of sp³-hybridized carbons (Fsp3) is 0.200. The van der Waals surface area contributed by atoms with Gasteiger partial charge in [-0.3, -0.25) is 0 Å². The number of thiophene rings is 1. The van der Waals surface area contributed by atoms with Gasteiger partial charge in [0.25, 0.3) is 0 Å². The highest BCUT2D eigenvalue weighted by Crippen LogP contribution is 2.27. The van der Waals surface area contributed by atoms with Gasteiger partial charge >= 0.3 is 0 Å². The first-order valence-corrected chi connectivity index (χ1v) is 5.07. The van der Waals surface area contributed by atoms with Crippen molar-refractivity contribution in [1.29, 1.82) is 10.5 Å². The molecule has 0 aliphatic carbocycles. The van der Waals surface area contributed by atoms with Gasteiger partial charge in [-0.25, -0.2) is 9.97 Å². The van der Waals surface area contributed by atoms with Crippen molar-refractivity contribution in [2.45, 2.75) is 13.8 Å². The summed E-state index contributed by atoms with van der Waals surface area (Å²) in [5, 5.41) is 17.6. The van der Waals surface area contributed by atoms with E-state index in [1.165, 1.54) is 0 Å². The first-order valence-electron chi connectivity index (χ1n) is 4.25. The maximum Gasteiger partial charge on any atom is 0.177 e. The molecule has 5 heteroatoms. The summed E-state index contributed by atoms with van der Waals surface area (Å²) >= 11 is 1.58. The zero-order valence-corrected chi connectivity index (χ0v) is 9.01. The number of nitrogens with zero attached hydrogens (tertiary/aromatic N) is 4. The normalized spacial score (nSPS) is 9.87. The molecule has 15 heavy (non-hydrogen) atoms. The monoisotopic (exact) mass is 214 g/mol. The van der Waals surface area contributed by atoms with Crippen LogP contribution < -0.4 is 0 Å². The number of fused-ring (bicyclic) bond motifs is 1. The Labute approximate surface area is 90.4 Å². The minimum Gasteiger partial charge on any atom is -0.231 e. The predicted octanol–water partition coefficient (Wildman–Crippen LogP) is 2.05. The van der Waals surface area contributed by atoms with Crippen molar-refractivity contribution in [1.82, 2.24) is 9.97 Å². The molecule has 0 spiro atoms. The van der Waals surface area contributed by atoms with Crippen LogP contribution >= 0.6 is 11.3 Å². The van der Waals surface area contributed by atoms with Crippen molar-refractivity contribution in [2.24, 2.45) is 0 Å². The zero-order chi connectivity index (χ0) is 11.0. The second-order valence-corrected chi connectivity index (χ2v) is 4.48. The highest BCUT2D eigenvalue weighted by atomic mass is 32.1. The Morgan fingerprint density at radius 2 is 1.33 bits per heavy atom. The first-order chi connectivity index (χ1) is 7.17. The largest absolute Gasteiger partial charge is 0.231 e. The van der Waals surface area contributed by atoms with Crippen LogP contribution in [0.5, 0.6) is 0 Å². The van der Waals surface area contributed by atoms with Crippen LogP contribution in [0.4, 0.5) is 0 Å². The van der Waals surface area contributed by atoms with E-state index < -0.39 is 0 Å². The van der Waals surface area contributed by atoms with Crippen LogP contribution in [-0.2, 0) is 0 Å². The Kier molecular flexibility index (Phi) is 2.11. The van der Waals surface area contributed by atoms with Crippen LogP contribution in [-0.4, -0.2) is 9.97 Å². The second-order valence-electron chi connectivity index (χ2n) is 3.06. The first kappa shape index (κ1) is 9.57. The van der Waals surface area contributed by atoms with Crippen LogP contribution in [0.2, 0.25) is 0 Å². The molecule has 4 nitrogen and oxygen atoms in total. The van der Waals surface area contributed by atoms with Crippen molar-refractivity contribution in [3.05, 3.63) is 21.1 Å². The summed E-state index contributed by atoms with van der Waals surface area (Å²) in [4.78, 5) is 10.3. The lowest BCUT2D eigenvalue weighted by Gasteiger charge is -1.95. The lowest BCUT2D eigenvalue weighted by Crippen LogP contribution is -1.94. The van der Waals surface area contributed by atoms with Gasteiger partial charge in [0.1, 0.15) is 23.2 Å². The van der Waals surface area contributed by atoms with Gasteiger partial charge in [0, 0.05) is 9.75 Å². The van der Waals surface area contributed by atoms with E-state index in [0.29, 0.717) is 0 Å². The summed E-state index contributed by atoms with van der Waals surface area (Å²) in [6.07, 6.45) is 0. The number of hydrogen-bond acceptors (Lipinski definition) is 5. The molecule has 2 aromatic heterocycles. The predicted molar refractivity (Wildman–Crippen MR) is 56.3 cm³/mol. The Morgan fingerprint density at radius 3 is 1.67 bits per heavy atom. The van der Waals surface area contributed by atoms with E-state index in [1.807, 2.05) is 26.0 Å². The molecule has 2 rings (SSSR count). The summed E-state index contributed by atoms with van der Waals surface area (Å²) in [5.41, 5.74) is 1.66. The average molecular weight is 214 g/mol. The summed E-state index contributed by atoms with van der Waals surface area (Å²) in [7, 11) is 0. The maximum absolute atomic E-state index is 8.81. The molecular weight excluding hydrogens is 208 g/mol. The fourth-order valence-corrected chi connectivity index (χ4v) is 2.35. The summed E-state index contributed by atoms with van der Waals surface area (Å²) in [5.74, 6) is 0. The lowest BCUT2D eigenvalue weighted by molar-refractivity contribution is 1.19. The maximum atomic E-state index is 8.81. The van der Waals surface area contributed by atoms with Crippen molar-refractivity contribution < 1.29 is 0 Å². The zero-order valence-electron chi connectivity index (χ0n) is 8.20. The Hall–Kier alpha value is -1.98. The van der Waals surface area contributed by atoms with E-state index in [2.05, 4.69) is 9.97 Å². The van der Waals surface area contributed by atoms with E-state index in [4.69, 9.17) is 10.5 Å². The van der Waals surface area contributed by atoms with Crippen LogP contribution in [0.15, 0.2) is 0 Å². The van der Waals surface area contributed by atoms with Gasteiger partial charge < -0.3 is 0 Å². The minimum absolute atomic E-state index is 0.103. The van der Waals surface area contributed by atoms with Crippen LogP contribution in [0.1, 0.15) is 21.1 Å². The van der Waals surface area contributed by atoms with E-state index in [1.54, 1.807) is 11.3 Å². The number of hydrogen-bond donors (Lipinski definition) is 0. The van der Waals surface area contributed by atoms with E-state index in [-0.39, 0.29) is 11.4 Å². The van der Waals surface area contributed by atoms with Gasteiger partial charge in [0.05, 0.1) is 0 Å². The molecule has 0 atom stereocenters. The Bertz CT molecular complexity index is 573. The van der Waals surface area contributed by atoms with Crippen molar-refractivity contribution in [3.8, 4) is 12.1 Å². The molecule has 0 unspecified atom stereocenters. The molecule has 2 heterocycles. The lowest BCUT2D eigenvalue weighted by atomic mass is 10.3. The SMILES string of the molecule is Cc1sc(C)c2nc(C#N)c(C#N)nc12. The molecule has 0 amide bonds. The quantitative estimate of drug-likeness (QED) is 0.672. The van der Waals surface area contributed by atoms with Gasteiger partial charge in [0.15, 0.2) is 11.4 Å². The molecule has 0 aromatic carbocycles. The standard InChI is InChI=1S/C10H6N4S/c1-5-9-10(6(2)15-5)14-8(4-12)7(3-11)13-9/h1-2H3. The van der Waals surface area contributed by atoms with Crippen molar-refractivity contribution >= 4 is 22.4 Å². The number of rotatable bonds is 0. The summed E-state index contributed by atoms with van der Waals surface area (Å²) < 4.78 is 0. The van der Waals surface area contributed by atoms with Gasteiger partial charge in [-0.05, 0) is 13.8 Å². The van der Waals surface area contributed by atoms with Gasteiger partial charge in [-0.1, -0.05) is 0 Å². The van der Waals surface area contributed by atoms with Gasteiger partial charge in [0.2, 0.25) is 0 Å². The van der Waals surface area contributed by atoms with Gasteiger partial charge in [-0.15, -0.1) is 11.3 Å². The molecular formula is C10H6N4S. The van der Waals surface area contributed by atoms with E-state index in [9.17, 15) is 0 Å². The molecule has 0 saturated heterocycles. The Balaban J connectivity index is 2.93. The van der Waals surface area contributed by atoms with Crippen LogP contribution in [0.3, 0.4) is 0 Å². The van der Waals surface area contributed by atoms with E-state index in [0.717, 1.165) is 20.8 Å². The van der Waals surface area contributed by atoms with Crippen molar-refractivity contribution in [2.75, 3.05) is 0 Å². The van der Waals surface area contributed by atoms with Gasteiger partial charge in [-0.2, -0.15) is 10.5 Å². The molecule has 0 bridgehead atoms. The molecule has 0 N–H and O–H groups in total. The number of nitriles is 2. The van der Waals surface area contributed by atoms with Crippen molar-refractivity contribution in [3.63, 3.8) is 0 Å². The van der Waals surface area contributed by atoms with E-state index >= 15 is 0 Å². The van der Waals surface area contributed by atoms with Crippen LogP contribution in [0, 0.1) is 36.5 Å². The third kappa shape index (κ3) is 1.34.